The minimum Gasteiger partial charge on any atom is -0.127 e. The molecule has 2 heteroatoms. The summed E-state index contributed by atoms with van der Waals surface area (Å²) in [5.74, 6) is 6.81. The summed E-state index contributed by atoms with van der Waals surface area (Å²) < 4.78 is 0. The van der Waals surface area contributed by atoms with E-state index in [2.05, 4.69) is 88.2 Å². The lowest BCUT2D eigenvalue weighted by molar-refractivity contribution is 1.35. The van der Waals surface area contributed by atoms with E-state index in [9.17, 15) is 0 Å². The molecule has 1 aromatic rings. The zero-order valence-electron chi connectivity index (χ0n) is 14.2. The van der Waals surface area contributed by atoms with Gasteiger partial charge in [0.1, 0.15) is 16.1 Å². The third-order valence-corrected chi connectivity index (χ3v) is 4.36. The lowest BCUT2D eigenvalue weighted by Gasteiger charge is -2.08. The van der Waals surface area contributed by atoms with Crippen LogP contribution in [-0.2, 0) is 0 Å². The van der Waals surface area contributed by atoms with Gasteiger partial charge in [-0.05, 0) is 31.0 Å². The number of aryl methyl sites for hydroxylation is 2. The number of benzene rings is 1. The Morgan fingerprint density at radius 2 is 1.25 bits per heavy atom. The van der Waals surface area contributed by atoms with Gasteiger partial charge in [-0.25, -0.2) is 0 Å². The highest BCUT2D eigenvalue weighted by atomic mass is 28.3. The zero-order chi connectivity index (χ0) is 15.6. The van der Waals surface area contributed by atoms with Gasteiger partial charge in [0.2, 0.25) is 0 Å². The fraction of sp³-hybridized carbons (Fsp3) is 0.444. The molecule has 0 bridgehead atoms. The summed E-state index contributed by atoms with van der Waals surface area (Å²) in [7, 11) is -2.72. The summed E-state index contributed by atoms with van der Waals surface area (Å²) in [5, 5.41) is 0. The van der Waals surface area contributed by atoms with Crippen molar-refractivity contribution in [3.63, 3.8) is 0 Å². The Hall–Kier alpha value is -1.23. The van der Waals surface area contributed by atoms with Crippen LogP contribution in [0.5, 0.6) is 0 Å². The van der Waals surface area contributed by atoms with Gasteiger partial charge in [0.05, 0.1) is 0 Å². The van der Waals surface area contributed by atoms with E-state index in [1.165, 1.54) is 11.1 Å². The standard InChI is InChI=1S/C18H26Si2/c1-15-13-16(2)18(10-12-20(6,7)8)17(14-15)9-11-19(3,4)5/h13-14H,1-8H3. The third-order valence-electron chi connectivity index (χ3n) is 2.61. The maximum absolute atomic E-state index is 3.47. The molecule has 0 saturated heterocycles. The molecule has 0 aliphatic carbocycles. The van der Waals surface area contributed by atoms with Crippen LogP contribution < -0.4 is 0 Å². The highest BCUT2D eigenvalue weighted by Crippen LogP contribution is 2.16. The van der Waals surface area contributed by atoms with Crippen LogP contribution in [0.25, 0.3) is 0 Å². The fourth-order valence-corrected chi connectivity index (χ4v) is 2.75. The summed E-state index contributed by atoms with van der Waals surface area (Å²) in [6, 6.07) is 4.38. The Morgan fingerprint density at radius 3 is 1.75 bits per heavy atom. The van der Waals surface area contributed by atoms with Crippen molar-refractivity contribution in [1.29, 1.82) is 0 Å². The van der Waals surface area contributed by atoms with Gasteiger partial charge in [-0.1, -0.05) is 57.2 Å². The van der Waals surface area contributed by atoms with Gasteiger partial charge in [-0.2, -0.15) is 0 Å². The van der Waals surface area contributed by atoms with Crippen molar-refractivity contribution in [2.45, 2.75) is 53.1 Å². The molecule has 106 valence electrons. The predicted octanol–water partition coefficient (Wildman–Crippen LogP) is 4.76. The Morgan fingerprint density at radius 1 is 0.750 bits per heavy atom. The average molecular weight is 299 g/mol. The molecule has 0 nitrogen and oxygen atoms in total. The van der Waals surface area contributed by atoms with E-state index in [1.807, 2.05) is 0 Å². The molecule has 0 aliphatic heterocycles. The minimum absolute atomic E-state index is 1.11. The van der Waals surface area contributed by atoms with Crippen LogP contribution in [0.4, 0.5) is 0 Å². The van der Waals surface area contributed by atoms with Crippen LogP contribution >= 0.6 is 0 Å². The molecule has 0 spiro atoms. The third kappa shape index (κ3) is 5.82. The van der Waals surface area contributed by atoms with Crippen molar-refractivity contribution >= 4 is 16.1 Å². The summed E-state index contributed by atoms with van der Waals surface area (Å²) in [5.41, 5.74) is 11.7. The lowest BCUT2D eigenvalue weighted by atomic mass is 10.00. The summed E-state index contributed by atoms with van der Waals surface area (Å²) in [6.07, 6.45) is 0. The van der Waals surface area contributed by atoms with E-state index in [-0.39, 0.29) is 0 Å². The first kappa shape index (κ1) is 16.8. The molecule has 0 aromatic heterocycles. The van der Waals surface area contributed by atoms with Crippen molar-refractivity contribution < 1.29 is 0 Å². The van der Waals surface area contributed by atoms with Crippen LogP contribution in [0.3, 0.4) is 0 Å². The Kier molecular flexibility index (Phi) is 5.08. The first-order valence-electron chi connectivity index (χ1n) is 7.15. The van der Waals surface area contributed by atoms with Crippen LogP contribution in [-0.4, -0.2) is 16.1 Å². The molecule has 0 atom stereocenters. The van der Waals surface area contributed by atoms with Crippen molar-refractivity contribution in [2.24, 2.45) is 0 Å². The van der Waals surface area contributed by atoms with Crippen molar-refractivity contribution in [2.75, 3.05) is 0 Å². The smallest absolute Gasteiger partial charge is 0.127 e. The molecule has 1 rings (SSSR count). The zero-order valence-corrected chi connectivity index (χ0v) is 16.2. The fourth-order valence-electron chi connectivity index (χ4n) is 1.74. The van der Waals surface area contributed by atoms with Gasteiger partial charge in [-0.3, -0.25) is 0 Å². The van der Waals surface area contributed by atoms with Gasteiger partial charge in [0, 0.05) is 11.1 Å². The molecule has 0 heterocycles. The van der Waals surface area contributed by atoms with Gasteiger partial charge < -0.3 is 0 Å². The topological polar surface area (TPSA) is 0 Å². The minimum atomic E-state index is -1.36. The van der Waals surface area contributed by atoms with Gasteiger partial charge in [-0.15, -0.1) is 11.1 Å². The summed E-state index contributed by atoms with van der Waals surface area (Å²) >= 11 is 0. The van der Waals surface area contributed by atoms with E-state index in [0.717, 1.165) is 11.1 Å². The molecule has 0 unspecified atom stereocenters. The molecule has 0 radical (unpaired) electrons. The maximum atomic E-state index is 3.47. The van der Waals surface area contributed by atoms with E-state index in [4.69, 9.17) is 0 Å². The molecule has 0 saturated carbocycles. The SMILES string of the molecule is Cc1cc(C)c(C#C[Si](C)(C)C)c(C#C[Si](C)(C)C)c1. The van der Waals surface area contributed by atoms with Crippen LogP contribution in [0.1, 0.15) is 22.3 Å². The van der Waals surface area contributed by atoms with Crippen LogP contribution in [0.2, 0.25) is 39.3 Å². The van der Waals surface area contributed by atoms with Crippen LogP contribution in [0, 0.1) is 36.8 Å². The van der Waals surface area contributed by atoms with E-state index in [0.29, 0.717) is 0 Å². The average Bonchev–Trinajstić information content (AvgIpc) is 2.22. The second-order valence-corrected chi connectivity index (χ2v) is 17.0. The number of rotatable bonds is 0. The van der Waals surface area contributed by atoms with E-state index >= 15 is 0 Å². The predicted molar refractivity (Wildman–Crippen MR) is 96.4 cm³/mol. The van der Waals surface area contributed by atoms with Gasteiger partial charge in [0.15, 0.2) is 0 Å². The molecule has 20 heavy (non-hydrogen) atoms. The number of hydrogen-bond acceptors (Lipinski definition) is 0. The van der Waals surface area contributed by atoms with Gasteiger partial charge in [0.25, 0.3) is 0 Å². The van der Waals surface area contributed by atoms with Crippen molar-refractivity contribution in [3.05, 3.63) is 34.4 Å². The molecule has 0 N–H and O–H groups in total. The van der Waals surface area contributed by atoms with Crippen molar-refractivity contribution in [3.8, 4) is 22.9 Å². The maximum Gasteiger partial charge on any atom is 0.129 e. The highest BCUT2D eigenvalue weighted by molar-refractivity contribution is 6.84. The Balaban J connectivity index is 3.41. The first-order chi connectivity index (χ1) is 8.98. The highest BCUT2D eigenvalue weighted by Gasteiger charge is 2.11. The molecular formula is C18H26Si2. The van der Waals surface area contributed by atoms with E-state index in [1.54, 1.807) is 0 Å². The monoisotopic (exact) mass is 298 g/mol. The Bertz CT molecular complexity index is 618. The normalized spacial score (nSPS) is 11.2. The second-order valence-electron chi connectivity index (χ2n) is 7.50. The first-order valence-corrected chi connectivity index (χ1v) is 14.2. The van der Waals surface area contributed by atoms with Crippen molar-refractivity contribution in [1.82, 2.24) is 0 Å². The number of hydrogen-bond donors (Lipinski definition) is 0. The lowest BCUT2D eigenvalue weighted by Crippen LogP contribution is -2.17. The largest absolute Gasteiger partial charge is 0.129 e. The quantitative estimate of drug-likeness (QED) is 0.478. The molecule has 1 aromatic carbocycles. The molecule has 0 fully saturated rings. The summed E-state index contributed by atoms with van der Waals surface area (Å²) in [6.45, 7) is 17.9. The molecule has 0 amide bonds. The Labute approximate surface area is 127 Å². The van der Waals surface area contributed by atoms with E-state index < -0.39 is 16.1 Å². The van der Waals surface area contributed by atoms with Gasteiger partial charge >= 0.3 is 0 Å². The molecular weight excluding hydrogens is 272 g/mol. The second kappa shape index (κ2) is 6.04. The molecule has 0 aliphatic rings. The van der Waals surface area contributed by atoms with Crippen LogP contribution in [0.15, 0.2) is 12.1 Å². The summed E-state index contributed by atoms with van der Waals surface area (Å²) in [4.78, 5) is 0.